The molecule has 2 aromatic carbocycles. The molecule has 2 aromatic heterocycles. The highest BCUT2D eigenvalue weighted by atomic mass is 19.1. The standard InChI is InChI=1S/C24H20F2N6O2/c1-2-30-19-11-27-24(31-13-28-16-5-3-4-6-17(16)31)29-23(19)32(20(30)12-33)18-9-10-34-22-15(26)8-7-14(25)21(18)22/h3-8,11-13,18,20H,2,9-10H2,1H3/t18-,20?/m1/s1. The van der Waals surface area contributed by atoms with Gasteiger partial charge in [-0.05, 0) is 31.2 Å². The molecular weight excluding hydrogens is 442 g/mol. The lowest BCUT2D eigenvalue weighted by Gasteiger charge is -2.37. The van der Waals surface area contributed by atoms with Crippen molar-refractivity contribution in [3.8, 4) is 11.7 Å². The van der Waals surface area contributed by atoms with Crippen molar-refractivity contribution in [2.24, 2.45) is 0 Å². The van der Waals surface area contributed by atoms with Gasteiger partial charge >= 0.3 is 0 Å². The quantitative estimate of drug-likeness (QED) is 0.427. The molecule has 0 fully saturated rings. The zero-order valence-electron chi connectivity index (χ0n) is 18.2. The summed E-state index contributed by atoms with van der Waals surface area (Å²) in [5.74, 6) is -0.497. The van der Waals surface area contributed by atoms with Crippen LogP contribution in [0.3, 0.4) is 0 Å². The first kappa shape index (κ1) is 20.5. The summed E-state index contributed by atoms with van der Waals surface area (Å²) in [6, 6.07) is 9.09. The Bertz CT molecular complexity index is 1420. The first-order valence-electron chi connectivity index (χ1n) is 11.0. The van der Waals surface area contributed by atoms with Crippen LogP contribution in [0, 0.1) is 11.6 Å². The number of benzene rings is 2. The van der Waals surface area contributed by atoms with Crippen molar-refractivity contribution in [2.45, 2.75) is 25.6 Å². The Hall–Kier alpha value is -4.08. The zero-order valence-corrected chi connectivity index (χ0v) is 18.2. The number of hydrogen-bond donors (Lipinski definition) is 0. The van der Waals surface area contributed by atoms with Gasteiger partial charge in [0.15, 0.2) is 29.8 Å². The van der Waals surface area contributed by atoms with E-state index >= 15 is 0 Å². The molecule has 0 bridgehead atoms. The highest BCUT2D eigenvalue weighted by Gasteiger charge is 2.44. The molecule has 2 atom stereocenters. The monoisotopic (exact) mass is 462 g/mol. The number of carbonyl (C=O) groups is 1. The van der Waals surface area contributed by atoms with Gasteiger partial charge in [0.05, 0.1) is 35.4 Å². The van der Waals surface area contributed by atoms with Crippen LogP contribution in [-0.2, 0) is 4.79 Å². The van der Waals surface area contributed by atoms with Gasteiger partial charge in [0.25, 0.3) is 0 Å². The van der Waals surface area contributed by atoms with Crippen LogP contribution in [-0.4, -0.2) is 45.1 Å². The minimum atomic E-state index is -0.748. The van der Waals surface area contributed by atoms with E-state index in [9.17, 15) is 13.6 Å². The molecule has 172 valence electrons. The lowest BCUT2D eigenvalue weighted by Crippen LogP contribution is -2.47. The van der Waals surface area contributed by atoms with Gasteiger partial charge in [0.2, 0.25) is 5.95 Å². The Labute approximate surface area is 193 Å². The maximum atomic E-state index is 15.0. The number of likely N-dealkylation sites (N-methyl/N-ethyl adjacent to an activating group) is 1. The summed E-state index contributed by atoms with van der Waals surface area (Å²) in [4.78, 5) is 29.7. The summed E-state index contributed by atoms with van der Waals surface area (Å²) < 4.78 is 36.7. The fourth-order valence-electron chi connectivity index (χ4n) is 4.93. The molecule has 0 radical (unpaired) electrons. The van der Waals surface area contributed by atoms with E-state index in [2.05, 4.69) is 9.97 Å². The average molecular weight is 462 g/mol. The molecule has 4 aromatic rings. The fourth-order valence-corrected chi connectivity index (χ4v) is 4.93. The lowest BCUT2D eigenvalue weighted by atomic mass is 9.97. The highest BCUT2D eigenvalue weighted by molar-refractivity contribution is 5.85. The summed E-state index contributed by atoms with van der Waals surface area (Å²) in [6.45, 7) is 2.61. The van der Waals surface area contributed by atoms with Crippen LogP contribution in [0.2, 0.25) is 0 Å². The molecule has 0 spiro atoms. The number of imidazole rings is 1. The predicted octanol–water partition coefficient (Wildman–Crippen LogP) is 3.79. The van der Waals surface area contributed by atoms with Gasteiger partial charge in [-0.3, -0.25) is 9.36 Å². The molecule has 0 aliphatic carbocycles. The maximum Gasteiger partial charge on any atom is 0.237 e. The molecule has 34 heavy (non-hydrogen) atoms. The van der Waals surface area contributed by atoms with Crippen LogP contribution < -0.4 is 14.5 Å². The average Bonchev–Trinajstić information content (AvgIpc) is 3.44. The molecule has 1 unspecified atom stereocenters. The second kappa shape index (κ2) is 7.75. The number of hydrogen-bond acceptors (Lipinski definition) is 7. The number of rotatable bonds is 4. The first-order chi connectivity index (χ1) is 16.6. The third-order valence-electron chi connectivity index (χ3n) is 6.43. The van der Waals surface area contributed by atoms with Crippen molar-refractivity contribution in [1.82, 2.24) is 19.5 Å². The van der Waals surface area contributed by atoms with Crippen LogP contribution in [0.4, 0.5) is 20.3 Å². The smallest absolute Gasteiger partial charge is 0.237 e. The highest BCUT2D eigenvalue weighted by Crippen LogP contribution is 2.47. The molecule has 0 saturated heterocycles. The number of aromatic nitrogens is 4. The minimum Gasteiger partial charge on any atom is -0.490 e. The van der Waals surface area contributed by atoms with Crippen LogP contribution >= 0.6 is 0 Å². The molecule has 0 saturated carbocycles. The molecule has 2 aliphatic rings. The third-order valence-corrected chi connectivity index (χ3v) is 6.43. The molecule has 2 aliphatic heterocycles. The van der Waals surface area contributed by atoms with Crippen LogP contribution in [0.1, 0.15) is 24.9 Å². The van der Waals surface area contributed by atoms with Gasteiger partial charge in [0.1, 0.15) is 17.8 Å². The van der Waals surface area contributed by atoms with Crippen LogP contribution in [0.5, 0.6) is 5.75 Å². The van der Waals surface area contributed by atoms with Crippen molar-refractivity contribution in [1.29, 1.82) is 0 Å². The number of halogens is 2. The second-order valence-corrected chi connectivity index (χ2v) is 8.15. The van der Waals surface area contributed by atoms with E-state index in [1.54, 1.807) is 22.0 Å². The number of aldehydes is 1. The van der Waals surface area contributed by atoms with Gasteiger partial charge in [-0.1, -0.05) is 12.1 Å². The topological polar surface area (TPSA) is 76.4 Å². The van der Waals surface area contributed by atoms with Gasteiger partial charge in [-0.2, -0.15) is 4.98 Å². The van der Waals surface area contributed by atoms with Crippen LogP contribution in [0.25, 0.3) is 17.0 Å². The van der Waals surface area contributed by atoms with Crippen molar-refractivity contribution < 1.29 is 18.3 Å². The van der Waals surface area contributed by atoms with E-state index in [-0.39, 0.29) is 17.9 Å². The Morgan fingerprint density at radius 2 is 1.97 bits per heavy atom. The Morgan fingerprint density at radius 3 is 2.79 bits per heavy atom. The largest absolute Gasteiger partial charge is 0.490 e. The fraction of sp³-hybridized carbons (Fsp3) is 0.250. The molecule has 8 nitrogen and oxygen atoms in total. The zero-order chi connectivity index (χ0) is 23.4. The minimum absolute atomic E-state index is 0.0928. The summed E-state index contributed by atoms with van der Waals surface area (Å²) in [5, 5.41) is 0. The number of anilines is 2. The normalized spacial score (nSPS) is 19.1. The van der Waals surface area contributed by atoms with Crippen molar-refractivity contribution in [3.05, 3.63) is 66.1 Å². The molecular formula is C24H20F2N6O2. The van der Waals surface area contributed by atoms with Crippen molar-refractivity contribution in [2.75, 3.05) is 23.0 Å². The Balaban J connectivity index is 1.54. The van der Waals surface area contributed by atoms with E-state index in [4.69, 9.17) is 9.72 Å². The molecule has 10 heteroatoms. The van der Waals surface area contributed by atoms with E-state index in [0.717, 1.165) is 29.5 Å². The van der Waals surface area contributed by atoms with Gasteiger partial charge in [-0.25, -0.2) is 18.7 Å². The lowest BCUT2D eigenvalue weighted by molar-refractivity contribution is -0.109. The van der Waals surface area contributed by atoms with E-state index in [1.165, 1.54) is 0 Å². The summed E-state index contributed by atoms with van der Waals surface area (Å²) in [6.07, 6.45) is 3.71. The summed E-state index contributed by atoms with van der Waals surface area (Å²) in [7, 11) is 0. The van der Waals surface area contributed by atoms with E-state index in [1.807, 2.05) is 36.1 Å². The number of para-hydroxylation sites is 2. The summed E-state index contributed by atoms with van der Waals surface area (Å²) >= 11 is 0. The SMILES string of the molecule is CCN1c2cnc(-n3cnc4ccccc43)nc2N([C@@H]2CCOc3c(F)ccc(F)c32)C1C=O. The Kier molecular flexibility index (Phi) is 4.68. The number of nitrogens with zero attached hydrogens (tertiary/aromatic N) is 6. The van der Waals surface area contributed by atoms with Gasteiger partial charge in [0, 0.05) is 13.0 Å². The number of ether oxygens (including phenoxy) is 1. The summed E-state index contributed by atoms with van der Waals surface area (Å²) in [5.41, 5.74) is 2.36. The first-order valence-corrected chi connectivity index (χ1v) is 11.0. The Morgan fingerprint density at radius 1 is 1.15 bits per heavy atom. The molecule has 0 amide bonds. The second-order valence-electron chi connectivity index (χ2n) is 8.15. The molecule has 0 N–H and O–H groups in total. The van der Waals surface area contributed by atoms with Crippen molar-refractivity contribution >= 4 is 28.8 Å². The maximum absolute atomic E-state index is 15.0. The molecule has 4 heterocycles. The van der Waals surface area contributed by atoms with Gasteiger partial charge in [-0.15, -0.1) is 0 Å². The van der Waals surface area contributed by atoms with Crippen molar-refractivity contribution in [3.63, 3.8) is 0 Å². The van der Waals surface area contributed by atoms with Crippen LogP contribution in [0.15, 0.2) is 48.9 Å². The third kappa shape index (κ3) is 2.87. The van der Waals surface area contributed by atoms with Gasteiger partial charge < -0.3 is 14.5 Å². The number of fused-ring (bicyclic) bond motifs is 3. The van der Waals surface area contributed by atoms with E-state index in [0.29, 0.717) is 30.4 Å². The number of carbonyl (C=O) groups excluding carboxylic acids is 1. The van der Waals surface area contributed by atoms with E-state index < -0.39 is 23.8 Å². The molecule has 6 rings (SSSR count). The predicted molar refractivity (Wildman–Crippen MR) is 121 cm³/mol.